The van der Waals surface area contributed by atoms with Gasteiger partial charge in [-0.05, 0) is 42.8 Å². The van der Waals surface area contributed by atoms with Crippen molar-refractivity contribution in [3.8, 4) is 17.3 Å². The van der Waals surface area contributed by atoms with E-state index in [4.69, 9.17) is 23.2 Å². The van der Waals surface area contributed by atoms with E-state index in [-0.39, 0.29) is 5.57 Å². The van der Waals surface area contributed by atoms with E-state index >= 15 is 0 Å². The quantitative estimate of drug-likeness (QED) is 0.423. The number of aryl methyl sites for hydroxylation is 1. The number of halogens is 2. The summed E-state index contributed by atoms with van der Waals surface area (Å²) in [4.78, 5) is 17.9. The van der Waals surface area contributed by atoms with Crippen LogP contribution in [-0.2, 0) is 4.79 Å². The van der Waals surface area contributed by atoms with E-state index in [1.54, 1.807) is 36.4 Å². The summed E-state index contributed by atoms with van der Waals surface area (Å²) >= 11 is 13.1. The molecule has 4 nitrogen and oxygen atoms in total. The molecule has 0 radical (unpaired) electrons. The summed E-state index contributed by atoms with van der Waals surface area (Å²) in [5, 5.41) is 13.7. The predicted octanol–water partition coefficient (Wildman–Crippen LogP) is 5.97. The zero-order chi connectivity index (χ0) is 19.4. The van der Waals surface area contributed by atoms with Crippen molar-refractivity contribution >= 4 is 51.7 Å². The van der Waals surface area contributed by atoms with Gasteiger partial charge in [-0.3, -0.25) is 10.1 Å². The average Bonchev–Trinajstić information content (AvgIpc) is 3.02. The Kier molecular flexibility index (Phi) is 5.92. The van der Waals surface area contributed by atoms with Gasteiger partial charge >= 0.3 is 0 Å². The number of thiazole rings is 1. The zero-order valence-corrected chi connectivity index (χ0v) is 16.5. The third kappa shape index (κ3) is 4.75. The van der Waals surface area contributed by atoms with Crippen LogP contribution < -0.4 is 5.32 Å². The predicted molar refractivity (Wildman–Crippen MR) is 111 cm³/mol. The lowest BCUT2D eigenvalue weighted by atomic mass is 10.1. The first-order valence-corrected chi connectivity index (χ1v) is 9.45. The molecule has 27 heavy (non-hydrogen) atoms. The highest BCUT2D eigenvalue weighted by Crippen LogP contribution is 2.31. The van der Waals surface area contributed by atoms with E-state index in [0.717, 1.165) is 16.1 Å². The number of anilines is 1. The van der Waals surface area contributed by atoms with E-state index in [1.165, 1.54) is 17.4 Å². The number of nitrogens with zero attached hydrogens (tertiary/aromatic N) is 2. The minimum absolute atomic E-state index is 0.0155. The molecule has 0 unspecified atom stereocenters. The van der Waals surface area contributed by atoms with Crippen LogP contribution in [0.5, 0.6) is 0 Å². The van der Waals surface area contributed by atoms with Crippen molar-refractivity contribution in [2.24, 2.45) is 0 Å². The van der Waals surface area contributed by atoms with Gasteiger partial charge in [0, 0.05) is 20.5 Å². The molecule has 3 aromatic rings. The van der Waals surface area contributed by atoms with Gasteiger partial charge in [0.25, 0.3) is 5.91 Å². The van der Waals surface area contributed by atoms with Crippen LogP contribution in [0.2, 0.25) is 10.0 Å². The van der Waals surface area contributed by atoms with Crippen molar-refractivity contribution in [1.29, 1.82) is 5.26 Å². The van der Waals surface area contributed by atoms with Crippen LogP contribution >= 0.6 is 34.5 Å². The number of nitriles is 1. The molecule has 2 aromatic carbocycles. The number of carbonyl (C=O) groups excluding carboxylic acids is 1. The Labute approximate surface area is 170 Å². The van der Waals surface area contributed by atoms with E-state index in [2.05, 4.69) is 10.3 Å². The second kappa shape index (κ2) is 8.36. The Morgan fingerprint density at radius 3 is 2.30 bits per heavy atom. The Hall–Kier alpha value is -2.65. The highest BCUT2D eigenvalue weighted by molar-refractivity contribution is 7.16. The molecule has 1 heterocycles. The summed E-state index contributed by atoms with van der Waals surface area (Å²) in [5.41, 5.74) is 2.37. The molecule has 0 saturated carbocycles. The number of hydrogen-bond donors (Lipinski definition) is 1. The molecule has 134 valence electrons. The molecule has 7 heteroatoms. The number of benzene rings is 2. The van der Waals surface area contributed by atoms with E-state index in [9.17, 15) is 10.1 Å². The first-order chi connectivity index (χ1) is 13.0. The smallest absolute Gasteiger partial charge is 0.268 e. The fraction of sp³-hybridized carbons (Fsp3) is 0.0500. The molecule has 0 saturated heterocycles. The maximum atomic E-state index is 12.4. The monoisotopic (exact) mass is 413 g/mol. The summed E-state index contributed by atoms with van der Waals surface area (Å²) in [7, 11) is 0. The minimum Gasteiger partial charge on any atom is -0.297 e. The summed E-state index contributed by atoms with van der Waals surface area (Å²) in [6.07, 6.45) is 1.51. The molecule has 0 atom stereocenters. The van der Waals surface area contributed by atoms with Gasteiger partial charge in [-0.15, -0.1) is 11.3 Å². The SMILES string of the molecule is Cc1sc(NC(=O)/C(C#N)=C/c2ccc(Cl)cc2)nc1-c1ccc(Cl)cc1. The topological polar surface area (TPSA) is 65.8 Å². The molecular formula is C20H13Cl2N3OS. The average molecular weight is 414 g/mol. The molecular weight excluding hydrogens is 401 g/mol. The van der Waals surface area contributed by atoms with Gasteiger partial charge in [0.15, 0.2) is 5.13 Å². The normalized spacial score (nSPS) is 11.1. The number of nitrogens with one attached hydrogen (secondary N) is 1. The molecule has 0 bridgehead atoms. The van der Waals surface area contributed by atoms with Gasteiger partial charge < -0.3 is 0 Å². The van der Waals surface area contributed by atoms with Gasteiger partial charge in [0.2, 0.25) is 0 Å². The Bertz CT molecular complexity index is 1050. The third-order valence-electron chi connectivity index (χ3n) is 3.68. The highest BCUT2D eigenvalue weighted by Gasteiger charge is 2.15. The Morgan fingerprint density at radius 2 is 1.70 bits per heavy atom. The largest absolute Gasteiger partial charge is 0.297 e. The van der Waals surface area contributed by atoms with E-state index in [1.807, 2.05) is 25.1 Å². The zero-order valence-electron chi connectivity index (χ0n) is 14.2. The third-order valence-corrected chi connectivity index (χ3v) is 5.07. The van der Waals surface area contributed by atoms with Crippen LogP contribution in [-0.4, -0.2) is 10.9 Å². The lowest BCUT2D eigenvalue weighted by Crippen LogP contribution is -2.13. The summed E-state index contributed by atoms with van der Waals surface area (Å²) in [5.74, 6) is -0.510. The molecule has 0 aliphatic rings. The van der Waals surface area contributed by atoms with Gasteiger partial charge in [-0.1, -0.05) is 47.5 Å². The Morgan fingerprint density at radius 1 is 1.11 bits per heavy atom. The lowest BCUT2D eigenvalue weighted by molar-refractivity contribution is -0.112. The standard InChI is InChI=1S/C20H13Cl2N3OS/c1-12-18(14-4-8-17(22)9-5-14)24-20(27-12)25-19(26)15(11-23)10-13-2-6-16(21)7-3-13/h2-10H,1H3,(H,24,25,26)/b15-10+. The highest BCUT2D eigenvalue weighted by atomic mass is 35.5. The number of amides is 1. The maximum Gasteiger partial charge on any atom is 0.268 e. The second-order valence-corrected chi connectivity index (χ2v) is 7.68. The van der Waals surface area contributed by atoms with Crippen molar-refractivity contribution in [1.82, 2.24) is 4.98 Å². The van der Waals surface area contributed by atoms with Crippen LogP contribution in [0.1, 0.15) is 10.4 Å². The lowest BCUT2D eigenvalue weighted by Gasteiger charge is -2.01. The molecule has 0 fully saturated rings. The van der Waals surface area contributed by atoms with Gasteiger partial charge in [0.05, 0.1) is 5.69 Å². The van der Waals surface area contributed by atoms with Crippen LogP contribution in [0.15, 0.2) is 54.1 Å². The van der Waals surface area contributed by atoms with Crippen molar-refractivity contribution in [3.63, 3.8) is 0 Å². The van der Waals surface area contributed by atoms with Crippen molar-refractivity contribution < 1.29 is 4.79 Å². The number of aromatic nitrogens is 1. The van der Waals surface area contributed by atoms with Crippen molar-refractivity contribution in [2.75, 3.05) is 5.32 Å². The van der Waals surface area contributed by atoms with Crippen LogP contribution in [0.3, 0.4) is 0 Å². The number of carbonyl (C=O) groups is 1. The van der Waals surface area contributed by atoms with Gasteiger partial charge in [-0.25, -0.2) is 4.98 Å². The minimum atomic E-state index is -0.510. The molecule has 1 amide bonds. The van der Waals surface area contributed by atoms with Gasteiger partial charge in [0.1, 0.15) is 11.6 Å². The summed E-state index contributed by atoms with van der Waals surface area (Å²) in [6.45, 7) is 1.92. The first-order valence-electron chi connectivity index (χ1n) is 7.88. The molecule has 3 rings (SSSR count). The maximum absolute atomic E-state index is 12.4. The molecule has 1 N–H and O–H groups in total. The summed E-state index contributed by atoms with van der Waals surface area (Å²) in [6, 6.07) is 16.1. The Balaban J connectivity index is 1.81. The fourth-order valence-corrected chi connectivity index (χ4v) is 3.45. The second-order valence-electron chi connectivity index (χ2n) is 5.61. The molecule has 0 aliphatic carbocycles. The molecule has 0 spiro atoms. The van der Waals surface area contributed by atoms with Crippen molar-refractivity contribution in [2.45, 2.75) is 6.92 Å². The van der Waals surface area contributed by atoms with Crippen LogP contribution in [0.25, 0.3) is 17.3 Å². The van der Waals surface area contributed by atoms with E-state index < -0.39 is 5.91 Å². The first kappa shape index (κ1) is 19.1. The molecule has 1 aromatic heterocycles. The number of rotatable bonds is 4. The fourth-order valence-electron chi connectivity index (χ4n) is 2.36. The summed E-state index contributed by atoms with van der Waals surface area (Å²) < 4.78 is 0. The van der Waals surface area contributed by atoms with Gasteiger partial charge in [-0.2, -0.15) is 5.26 Å². The van der Waals surface area contributed by atoms with Crippen LogP contribution in [0.4, 0.5) is 5.13 Å². The van der Waals surface area contributed by atoms with E-state index in [0.29, 0.717) is 20.7 Å². The van der Waals surface area contributed by atoms with Crippen molar-refractivity contribution in [3.05, 3.63) is 74.6 Å². The number of hydrogen-bond acceptors (Lipinski definition) is 4. The van der Waals surface area contributed by atoms with Crippen LogP contribution in [0, 0.1) is 18.3 Å². The molecule has 0 aliphatic heterocycles.